The van der Waals surface area contributed by atoms with Crippen molar-refractivity contribution in [3.8, 4) is 0 Å². The lowest BCUT2D eigenvalue weighted by atomic mass is 10.1. The van der Waals surface area contributed by atoms with Gasteiger partial charge in [0.05, 0.1) is 10.7 Å². The van der Waals surface area contributed by atoms with Gasteiger partial charge in [0.15, 0.2) is 0 Å². The van der Waals surface area contributed by atoms with Gasteiger partial charge in [-0.3, -0.25) is 14.4 Å². The van der Waals surface area contributed by atoms with Crippen LogP contribution in [0.5, 0.6) is 0 Å². The quantitative estimate of drug-likeness (QED) is 0.102. The van der Waals surface area contributed by atoms with Crippen LogP contribution in [-0.2, 0) is 9.59 Å². The van der Waals surface area contributed by atoms with Crippen LogP contribution in [0, 0.1) is 5.82 Å². The Hall–Kier alpha value is -4.89. The SMILES string of the molecule is O=C(Nc1cccc(SC(C(=O)Nc2cc(Cl)ccc2Cl)c2ccccc2)c1)/C(=C\c1ccc(F)cc1)NC(=O)c1ccccc1. The third kappa shape index (κ3) is 8.85. The number of carbonyl (C=O) groups is 3. The van der Waals surface area contributed by atoms with Crippen molar-refractivity contribution in [1.29, 1.82) is 0 Å². The van der Waals surface area contributed by atoms with Gasteiger partial charge in [-0.15, -0.1) is 11.8 Å². The number of nitrogens with one attached hydrogen (secondary N) is 3. The molecule has 0 aliphatic carbocycles. The van der Waals surface area contributed by atoms with Crippen molar-refractivity contribution in [2.75, 3.05) is 10.6 Å². The lowest BCUT2D eigenvalue weighted by molar-refractivity contribution is -0.116. The second-order valence-electron chi connectivity index (χ2n) is 9.93. The first-order valence-corrected chi connectivity index (χ1v) is 15.6. The molecule has 3 N–H and O–H groups in total. The first kappa shape index (κ1) is 32.5. The standard InChI is InChI=1S/C36H26Cl2FN3O3S/c37-26-16-19-30(38)31(21-26)41-36(45)33(24-8-3-1-4-9-24)46-29-13-7-12-28(22-29)40-35(44)32(20-23-14-17-27(39)18-15-23)42-34(43)25-10-5-2-6-11-25/h1-22,33H,(H,40,44)(H,41,45)(H,42,43)/b32-20+. The van der Waals surface area contributed by atoms with Crippen molar-refractivity contribution in [1.82, 2.24) is 5.32 Å². The average Bonchev–Trinajstić information content (AvgIpc) is 3.07. The monoisotopic (exact) mass is 669 g/mol. The molecule has 0 spiro atoms. The molecule has 0 saturated carbocycles. The van der Waals surface area contributed by atoms with E-state index in [2.05, 4.69) is 16.0 Å². The number of hydrogen-bond donors (Lipinski definition) is 3. The van der Waals surface area contributed by atoms with Crippen molar-refractivity contribution >= 4 is 70.1 Å². The topological polar surface area (TPSA) is 87.3 Å². The molecule has 5 aromatic carbocycles. The number of rotatable bonds is 10. The van der Waals surface area contributed by atoms with Gasteiger partial charge in [0, 0.05) is 21.2 Å². The van der Waals surface area contributed by atoms with Crippen molar-refractivity contribution in [2.45, 2.75) is 10.1 Å². The minimum absolute atomic E-state index is 0.0431. The Morgan fingerprint density at radius 1 is 0.739 bits per heavy atom. The van der Waals surface area contributed by atoms with Gasteiger partial charge in [-0.05, 0) is 77.9 Å². The average molecular weight is 671 g/mol. The predicted molar refractivity (Wildman–Crippen MR) is 183 cm³/mol. The molecule has 0 bridgehead atoms. The van der Waals surface area contributed by atoms with Gasteiger partial charge in [-0.25, -0.2) is 4.39 Å². The molecule has 0 aliphatic heterocycles. The highest BCUT2D eigenvalue weighted by Gasteiger charge is 2.23. The lowest BCUT2D eigenvalue weighted by Crippen LogP contribution is -2.30. The third-order valence-electron chi connectivity index (χ3n) is 6.58. The minimum atomic E-state index is -0.679. The van der Waals surface area contributed by atoms with Crippen LogP contribution in [0.4, 0.5) is 15.8 Å². The number of amides is 3. The molecule has 1 atom stereocenters. The zero-order valence-electron chi connectivity index (χ0n) is 24.0. The summed E-state index contributed by atoms with van der Waals surface area (Å²) in [6, 6.07) is 35.1. The molecular formula is C36H26Cl2FN3O3S. The van der Waals surface area contributed by atoms with E-state index in [1.807, 2.05) is 36.4 Å². The number of carbonyl (C=O) groups excluding carboxylic acids is 3. The van der Waals surface area contributed by atoms with E-state index in [9.17, 15) is 18.8 Å². The second kappa shape index (κ2) is 15.4. The summed E-state index contributed by atoms with van der Waals surface area (Å²) in [6.45, 7) is 0. The molecule has 0 saturated heterocycles. The van der Waals surface area contributed by atoms with Crippen LogP contribution >= 0.6 is 35.0 Å². The summed E-state index contributed by atoms with van der Waals surface area (Å²) < 4.78 is 13.5. The van der Waals surface area contributed by atoms with Gasteiger partial charge in [-0.2, -0.15) is 0 Å². The van der Waals surface area contributed by atoms with Crippen LogP contribution in [0.2, 0.25) is 10.0 Å². The van der Waals surface area contributed by atoms with Crippen LogP contribution in [0.15, 0.2) is 138 Å². The molecule has 230 valence electrons. The molecule has 10 heteroatoms. The molecule has 46 heavy (non-hydrogen) atoms. The first-order chi connectivity index (χ1) is 22.2. The Bertz CT molecular complexity index is 1890. The van der Waals surface area contributed by atoms with E-state index in [0.717, 1.165) is 5.56 Å². The van der Waals surface area contributed by atoms with Gasteiger partial charge >= 0.3 is 0 Å². The van der Waals surface area contributed by atoms with E-state index >= 15 is 0 Å². The van der Waals surface area contributed by atoms with Crippen molar-refractivity contribution in [3.05, 3.63) is 166 Å². The zero-order chi connectivity index (χ0) is 32.5. The summed E-state index contributed by atoms with van der Waals surface area (Å²) in [5, 5.41) is 8.47. The van der Waals surface area contributed by atoms with Crippen LogP contribution in [0.25, 0.3) is 6.08 Å². The number of benzene rings is 5. The Balaban J connectivity index is 1.38. The van der Waals surface area contributed by atoms with E-state index < -0.39 is 22.9 Å². The van der Waals surface area contributed by atoms with Crippen LogP contribution in [0.1, 0.15) is 26.7 Å². The maximum atomic E-state index is 13.6. The van der Waals surface area contributed by atoms with E-state index in [1.54, 1.807) is 66.7 Å². The molecule has 1 unspecified atom stereocenters. The van der Waals surface area contributed by atoms with Crippen molar-refractivity contribution in [2.24, 2.45) is 0 Å². The highest BCUT2D eigenvalue weighted by atomic mass is 35.5. The molecule has 3 amide bonds. The third-order valence-corrected chi connectivity index (χ3v) is 8.40. The molecule has 5 rings (SSSR count). The highest BCUT2D eigenvalue weighted by Crippen LogP contribution is 2.38. The maximum Gasteiger partial charge on any atom is 0.272 e. The minimum Gasteiger partial charge on any atom is -0.323 e. The fraction of sp³-hybridized carbons (Fsp3) is 0.0278. The molecule has 0 aliphatic rings. The summed E-state index contributed by atoms with van der Waals surface area (Å²) in [6.07, 6.45) is 1.46. The van der Waals surface area contributed by atoms with Crippen LogP contribution < -0.4 is 16.0 Å². The molecule has 0 aromatic heterocycles. The lowest BCUT2D eigenvalue weighted by Gasteiger charge is -2.18. The van der Waals surface area contributed by atoms with Crippen LogP contribution in [0.3, 0.4) is 0 Å². The smallest absolute Gasteiger partial charge is 0.272 e. The van der Waals surface area contributed by atoms with E-state index in [0.29, 0.717) is 37.4 Å². The number of hydrogen-bond acceptors (Lipinski definition) is 4. The molecule has 0 heterocycles. The van der Waals surface area contributed by atoms with E-state index in [-0.39, 0.29) is 11.6 Å². The fourth-order valence-corrected chi connectivity index (χ4v) is 5.76. The number of thioether (sulfide) groups is 1. The summed E-state index contributed by atoms with van der Waals surface area (Å²) in [5.74, 6) is -1.82. The Morgan fingerprint density at radius 2 is 1.43 bits per heavy atom. The van der Waals surface area contributed by atoms with Gasteiger partial charge < -0.3 is 16.0 Å². The number of anilines is 2. The van der Waals surface area contributed by atoms with Gasteiger partial charge in [0.2, 0.25) is 5.91 Å². The van der Waals surface area contributed by atoms with Gasteiger partial charge in [0.1, 0.15) is 16.8 Å². The van der Waals surface area contributed by atoms with E-state index in [4.69, 9.17) is 23.2 Å². The predicted octanol–water partition coefficient (Wildman–Crippen LogP) is 9.01. The fourth-order valence-electron chi connectivity index (χ4n) is 4.34. The summed E-state index contributed by atoms with van der Waals surface area (Å²) >= 11 is 13.7. The second-order valence-corrected chi connectivity index (χ2v) is 12.0. The molecule has 5 aromatic rings. The molecule has 0 fully saturated rings. The maximum absolute atomic E-state index is 13.6. The van der Waals surface area contributed by atoms with Crippen molar-refractivity contribution in [3.63, 3.8) is 0 Å². The molecule has 0 radical (unpaired) electrons. The van der Waals surface area contributed by atoms with Gasteiger partial charge in [-0.1, -0.05) is 89.9 Å². The Kier molecular flexibility index (Phi) is 10.9. The molecule has 6 nitrogen and oxygen atoms in total. The normalized spacial score (nSPS) is 11.8. The Morgan fingerprint density at radius 3 is 2.15 bits per heavy atom. The summed E-state index contributed by atoms with van der Waals surface area (Å²) in [4.78, 5) is 40.7. The van der Waals surface area contributed by atoms with E-state index in [1.165, 1.54) is 42.1 Å². The summed E-state index contributed by atoms with van der Waals surface area (Å²) in [5.41, 5.74) is 2.41. The van der Waals surface area contributed by atoms with Crippen molar-refractivity contribution < 1.29 is 18.8 Å². The highest BCUT2D eigenvalue weighted by molar-refractivity contribution is 8.00. The zero-order valence-corrected chi connectivity index (χ0v) is 26.4. The van der Waals surface area contributed by atoms with Crippen LogP contribution in [-0.4, -0.2) is 17.7 Å². The largest absolute Gasteiger partial charge is 0.323 e. The summed E-state index contributed by atoms with van der Waals surface area (Å²) in [7, 11) is 0. The molecular weight excluding hydrogens is 644 g/mol. The Labute approximate surface area is 279 Å². The van der Waals surface area contributed by atoms with Gasteiger partial charge in [0.25, 0.3) is 11.8 Å². The number of halogens is 3. The first-order valence-electron chi connectivity index (χ1n) is 14.0.